The first-order valence-corrected chi connectivity index (χ1v) is 14.1. The number of hydrogen-bond acceptors (Lipinski definition) is 4. The molecular weight excluding hydrogens is 470 g/mol. The van der Waals surface area contributed by atoms with Crippen molar-refractivity contribution in [3.63, 3.8) is 0 Å². The molecule has 0 amide bonds. The first-order valence-electron chi connectivity index (χ1n) is 14.1. The average molecular weight is 510 g/mol. The number of hydrogen-bond donors (Lipinski definition) is 0. The molecule has 5 heteroatoms. The van der Waals surface area contributed by atoms with Crippen LogP contribution in [0.4, 0.5) is 0 Å². The van der Waals surface area contributed by atoms with Crippen molar-refractivity contribution >= 4 is 0 Å². The Morgan fingerprint density at radius 2 is 1.50 bits per heavy atom. The second-order valence-corrected chi connectivity index (χ2v) is 10.0. The maximum atomic E-state index is 5.86. The van der Waals surface area contributed by atoms with Gasteiger partial charge in [-0.15, -0.1) is 0 Å². The third-order valence-corrected chi connectivity index (χ3v) is 7.21. The number of rotatable bonds is 13. The van der Waals surface area contributed by atoms with Crippen LogP contribution in [-0.4, -0.2) is 27.8 Å². The van der Waals surface area contributed by atoms with Gasteiger partial charge >= 0.3 is 0 Å². The molecule has 0 atom stereocenters. The molecule has 3 aromatic carbocycles. The Balaban J connectivity index is 1.57. The maximum Gasteiger partial charge on any atom is 0.231 e. The maximum absolute atomic E-state index is 5.86. The predicted octanol–water partition coefficient (Wildman–Crippen LogP) is 7.94. The van der Waals surface area contributed by atoms with Crippen molar-refractivity contribution in [2.45, 2.75) is 65.6 Å². The highest BCUT2D eigenvalue weighted by molar-refractivity contribution is 5.68. The van der Waals surface area contributed by atoms with Crippen LogP contribution in [0.3, 0.4) is 0 Å². The van der Waals surface area contributed by atoms with Crippen LogP contribution in [0.2, 0.25) is 0 Å². The summed E-state index contributed by atoms with van der Waals surface area (Å²) in [6.07, 6.45) is 5.84. The fourth-order valence-corrected chi connectivity index (χ4v) is 5.21. The summed E-state index contributed by atoms with van der Waals surface area (Å²) in [6.45, 7) is 8.42. The lowest BCUT2D eigenvalue weighted by Gasteiger charge is -2.25. The zero-order chi connectivity index (χ0) is 26.2. The third kappa shape index (κ3) is 5.94. The van der Waals surface area contributed by atoms with Gasteiger partial charge in [-0.25, -0.2) is 4.98 Å². The van der Waals surface area contributed by atoms with Crippen molar-refractivity contribution < 1.29 is 9.47 Å². The Morgan fingerprint density at radius 3 is 2.24 bits per heavy atom. The van der Waals surface area contributed by atoms with Gasteiger partial charge in [-0.05, 0) is 25.5 Å². The summed E-state index contributed by atoms with van der Waals surface area (Å²) in [6, 6.07) is 27.5. The molecule has 38 heavy (non-hydrogen) atoms. The molecule has 1 aliphatic rings. The van der Waals surface area contributed by atoms with Gasteiger partial charge in [0.05, 0.1) is 11.4 Å². The normalized spacial score (nSPS) is 12.4. The fourth-order valence-electron chi connectivity index (χ4n) is 5.21. The zero-order valence-electron chi connectivity index (χ0n) is 22.7. The van der Waals surface area contributed by atoms with E-state index < -0.39 is 0 Å². The van der Waals surface area contributed by atoms with E-state index in [1.54, 1.807) is 0 Å². The summed E-state index contributed by atoms with van der Waals surface area (Å²) in [7, 11) is 0. The minimum atomic E-state index is 0.296. The summed E-state index contributed by atoms with van der Waals surface area (Å²) in [5.41, 5.74) is 5.88. The molecule has 0 radical (unpaired) electrons. The molecule has 1 aromatic heterocycles. The Morgan fingerprint density at radius 1 is 0.763 bits per heavy atom. The molecule has 0 aliphatic carbocycles. The van der Waals surface area contributed by atoms with E-state index in [-0.39, 0.29) is 0 Å². The van der Waals surface area contributed by atoms with Crippen LogP contribution in [0.25, 0.3) is 22.6 Å². The number of para-hydroxylation sites is 1. The van der Waals surface area contributed by atoms with E-state index in [2.05, 4.69) is 96.1 Å². The molecule has 4 aromatic rings. The van der Waals surface area contributed by atoms with Crippen molar-refractivity contribution in [3.05, 3.63) is 90.1 Å². The van der Waals surface area contributed by atoms with Crippen LogP contribution in [0.1, 0.15) is 57.2 Å². The molecule has 0 bridgehead atoms. The topological polar surface area (TPSA) is 39.5 Å². The summed E-state index contributed by atoms with van der Waals surface area (Å²) in [4.78, 5) is 7.87. The highest BCUT2D eigenvalue weighted by Crippen LogP contribution is 2.37. The second-order valence-electron chi connectivity index (χ2n) is 10.0. The first kappa shape index (κ1) is 26.1. The first-order chi connectivity index (χ1) is 18.8. The molecule has 0 saturated carbocycles. The van der Waals surface area contributed by atoms with Gasteiger partial charge in [0.2, 0.25) is 6.79 Å². The third-order valence-electron chi connectivity index (χ3n) is 7.21. The van der Waals surface area contributed by atoms with E-state index >= 15 is 0 Å². The minimum absolute atomic E-state index is 0.296. The lowest BCUT2D eigenvalue weighted by Crippen LogP contribution is -2.26. The predicted molar refractivity (Wildman–Crippen MR) is 154 cm³/mol. The number of aromatic nitrogens is 2. The van der Waals surface area contributed by atoms with E-state index in [9.17, 15) is 0 Å². The quantitative estimate of drug-likeness (QED) is 0.172. The molecule has 2 heterocycles. The van der Waals surface area contributed by atoms with Gasteiger partial charge in [-0.2, -0.15) is 0 Å². The minimum Gasteiger partial charge on any atom is -0.454 e. The van der Waals surface area contributed by atoms with Gasteiger partial charge in [-0.1, -0.05) is 106 Å². The standard InChI is InChI=1S/C33H39N3O2/c1-3-5-13-22-36-29(24-35(21-6-4-2)23-28-19-14-20-30-32(28)38-25-37-30)31(26-15-9-7-10-16-26)34-33(36)27-17-11-8-12-18-27/h7-12,14-20H,3-6,13,21-25H2,1-2H3. The highest BCUT2D eigenvalue weighted by Gasteiger charge is 2.24. The van der Waals surface area contributed by atoms with Crippen LogP contribution < -0.4 is 9.47 Å². The van der Waals surface area contributed by atoms with Gasteiger partial charge < -0.3 is 14.0 Å². The van der Waals surface area contributed by atoms with Crippen LogP contribution in [0.5, 0.6) is 11.5 Å². The van der Waals surface area contributed by atoms with Crippen molar-refractivity contribution in [2.24, 2.45) is 0 Å². The van der Waals surface area contributed by atoms with Gasteiger partial charge in [0, 0.05) is 36.3 Å². The highest BCUT2D eigenvalue weighted by atomic mass is 16.7. The van der Waals surface area contributed by atoms with Crippen molar-refractivity contribution in [2.75, 3.05) is 13.3 Å². The van der Waals surface area contributed by atoms with E-state index in [1.165, 1.54) is 35.2 Å². The van der Waals surface area contributed by atoms with Crippen LogP contribution in [0, 0.1) is 0 Å². The number of ether oxygens (including phenoxy) is 2. The molecule has 0 unspecified atom stereocenters. The fraction of sp³-hybridized carbons (Fsp3) is 0.364. The lowest BCUT2D eigenvalue weighted by molar-refractivity contribution is 0.171. The molecular formula is C33H39N3O2. The molecule has 5 nitrogen and oxygen atoms in total. The number of unbranched alkanes of at least 4 members (excludes halogenated alkanes) is 3. The van der Waals surface area contributed by atoms with Crippen LogP contribution in [-0.2, 0) is 19.6 Å². The number of benzene rings is 3. The summed E-state index contributed by atoms with van der Waals surface area (Å²) >= 11 is 0. The van der Waals surface area contributed by atoms with E-state index in [0.29, 0.717) is 6.79 Å². The van der Waals surface area contributed by atoms with Crippen molar-refractivity contribution in [1.82, 2.24) is 14.5 Å². The van der Waals surface area contributed by atoms with Crippen molar-refractivity contribution in [1.29, 1.82) is 0 Å². The Hall–Kier alpha value is -3.57. The monoisotopic (exact) mass is 509 g/mol. The zero-order valence-corrected chi connectivity index (χ0v) is 22.7. The smallest absolute Gasteiger partial charge is 0.231 e. The summed E-state index contributed by atoms with van der Waals surface area (Å²) in [5, 5.41) is 0. The molecule has 0 N–H and O–H groups in total. The molecule has 1 aliphatic heterocycles. The SMILES string of the molecule is CCCCCn1c(-c2ccccc2)nc(-c2ccccc2)c1CN(CCCC)Cc1cccc2c1OCO2. The Labute approximate surface area is 227 Å². The Bertz CT molecular complexity index is 1300. The lowest BCUT2D eigenvalue weighted by atomic mass is 10.1. The van der Waals surface area contributed by atoms with E-state index in [1.807, 2.05) is 6.07 Å². The van der Waals surface area contributed by atoms with E-state index in [4.69, 9.17) is 14.5 Å². The average Bonchev–Trinajstić information content (AvgIpc) is 3.59. The summed E-state index contributed by atoms with van der Waals surface area (Å²) < 4.78 is 14.0. The van der Waals surface area contributed by atoms with Gasteiger partial charge in [0.25, 0.3) is 0 Å². The molecule has 198 valence electrons. The van der Waals surface area contributed by atoms with Crippen LogP contribution in [0.15, 0.2) is 78.9 Å². The van der Waals surface area contributed by atoms with Crippen molar-refractivity contribution in [3.8, 4) is 34.1 Å². The summed E-state index contributed by atoms with van der Waals surface area (Å²) in [5.74, 6) is 2.79. The van der Waals surface area contributed by atoms with Gasteiger partial charge in [0.15, 0.2) is 11.5 Å². The molecule has 0 spiro atoms. The number of nitrogens with zero attached hydrogens (tertiary/aromatic N) is 3. The molecule has 5 rings (SSSR count). The number of imidazole rings is 1. The largest absolute Gasteiger partial charge is 0.454 e. The van der Waals surface area contributed by atoms with Crippen LogP contribution >= 0.6 is 0 Å². The van der Waals surface area contributed by atoms with E-state index in [0.717, 1.165) is 68.5 Å². The molecule has 0 saturated heterocycles. The Kier molecular flexibility index (Phi) is 8.77. The molecule has 0 fully saturated rings. The number of fused-ring (bicyclic) bond motifs is 1. The van der Waals surface area contributed by atoms with Gasteiger partial charge in [-0.3, -0.25) is 4.90 Å². The van der Waals surface area contributed by atoms with Gasteiger partial charge in [0.1, 0.15) is 5.82 Å². The second kappa shape index (κ2) is 12.8.